The zero-order valence-corrected chi connectivity index (χ0v) is 12.1. The van der Waals surface area contributed by atoms with Crippen LogP contribution in [0.1, 0.15) is 19.8 Å². The molecule has 1 aliphatic carbocycles. The highest BCUT2D eigenvalue weighted by atomic mass is 32.2. The number of rotatable bonds is 6. The molecule has 1 aliphatic rings. The van der Waals surface area contributed by atoms with Gasteiger partial charge in [-0.25, -0.2) is 0 Å². The van der Waals surface area contributed by atoms with Crippen molar-refractivity contribution in [1.82, 2.24) is 20.1 Å². The molecule has 1 heterocycles. The molecule has 4 N–H and O–H groups in total. The molecule has 1 amide bonds. The number of H-pyrrole nitrogens is 1. The molecule has 110 valence electrons. The van der Waals surface area contributed by atoms with Crippen molar-refractivity contribution >= 4 is 17.7 Å². The third-order valence-corrected chi connectivity index (χ3v) is 4.43. The molecule has 1 unspecified atom stereocenters. The average Bonchev–Trinajstić information content (AvgIpc) is 3.15. The van der Waals surface area contributed by atoms with Gasteiger partial charge in [0.25, 0.3) is 0 Å². The van der Waals surface area contributed by atoms with Crippen LogP contribution in [0.2, 0.25) is 0 Å². The number of amides is 1. The number of primary amides is 1. The van der Waals surface area contributed by atoms with Gasteiger partial charge in [0.1, 0.15) is 5.54 Å². The third kappa shape index (κ3) is 3.28. The van der Waals surface area contributed by atoms with Crippen molar-refractivity contribution in [3.05, 3.63) is 20.7 Å². The van der Waals surface area contributed by atoms with E-state index in [0.29, 0.717) is 17.0 Å². The monoisotopic (exact) mass is 299 g/mol. The maximum Gasteiger partial charge on any atom is 0.339 e. The molecule has 2 rings (SSSR count). The Kier molecular flexibility index (Phi) is 4.00. The number of thioether (sulfide) groups is 1. The summed E-state index contributed by atoms with van der Waals surface area (Å²) in [5, 5.41) is 5.89. The second-order valence-electron chi connectivity index (χ2n) is 5.10. The van der Waals surface area contributed by atoms with Gasteiger partial charge in [-0.15, -0.1) is 0 Å². The minimum absolute atomic E-state index is 0.320. The van der Waals surface area contributed by atoms with E-state index >= 15 is 0 Å². The van der Waals surface area contributed by atoms with Crippen molar-refractivity contribution in [3.63, 3.8) is 0 Å². The van der Waals surface area contributed by atoms with Crippen LogP contribution in [0.25, 0.3) is 0 Å². The molecule has 9 heteroatoms. The average molecular weight is 299 g/mol. The van der Waals surface area contributed by atoms with Crippen LogP contribution in [-0.4, -0.2) is 38.0 Å². The Balaban J connectivity index is 2.13. The molecule has 0 saturated heterocycles. The SMILES string of the molecule is Cn1[nH]c(=O)c(=O)nc1SCC(C)(NC1CC1)C(N)=O. The Morgan fingerprint density at radius 1 is 1.60 bits per heavy atom. The number of nitrogens with two attached hydrogens (primary N) is 1. The number of hydrogen-bond acceptors (Lipinski definition) is 6. The van der Waals surface area contributed by atoms with Gasteiger partial charge < -0.3 is 11.1 Å². The smallest absolute Gasteiger partial charge is 0.339 e. The van der Waals surface area contributed by atoms with E-state index in [2.05, 4.69) is 15.4 Å². The number of aryl methyl sites for hydroxylation is 1. The highest BCUT2D eigenvalue weighted by Gasteiger charge is 2.37. The maximum absolute atomic E-state index is 11.6. The molecule has 20 heavy (non-hydrogen) atoms. The Bertz CT molecular complexity index is 636. The molecule has 1 fully saturated rings. The molecule has 8 nitrogen and oxygen atoms in total. The summed E-state index contributed by atoms with van der Waals surface area (Å²) in [7, 11) is 1.58. The first-order chi connectivity index (χ1) is 9.32. The van der Waals surface area contributed by atoms with Crippen LogP contribution in [0.15, 0.2) is 14.7 Å². The molecular weight excluding hydrogens is 282 g/mol. The van der Waals surface area contributed by atoms with E-state index < -0.39 is 22.6 Å². The Hall–Kier alpha value is -1.61. The van der Waals surface area contributed by atoms with E-state index in [9.17, 15) is 14.4 Å². The predicted octanol–water partition coefficient (Wildman–Crippen LogP) is -1.44. The summed E-state index contributed by atoms with van der Waals surface area (Å²) in [4.78, 5) is 37.6. The number of nitrogens with zero attached hydrogens (tertiary/aromatic N) is 2. The van der Waals surface area contributed by atoms with Gasteiger partial charge in [0.15, 0.2) is 5.16 Å². The third-order valence-electron chi connectivity index (χ3n) is 3.08. The molecule has 1 aromatic heterocycles. The van der Waals surface area contributed by atoms with Gasteiger partial charge in [0.2, 0.25) is 5.91 Å². The van der Waals surface area contributed by atoms with Crippen LogP contribution < -0.4 is 22.2 Å². The van der Waals surface area contributed by atoms with Crippen molar-refractivity contribution in [1.29, 1.82) is 0 Å². The van der Waals surface area contributed by atoms with E-state index in [0.717, 1.165) is 12.8 Å². The standard InChI is InChI=1S/C11H17N5O3S/c1-11(9(12)19,14-6-3-4-6)5-20-10-13-7(17)8(18)15-16(10)2/h6,14H,3-5H2,1-2H3,(H2,12,19)(H,15,18). The highest BCUT2D eigenvalue weighted by molar-refractivity contribution is 7.99. The van der Waals surface area contributed by atoms with Crippen molar-refractivity contribution in [2.75, 3.05) is 5.75 Å². The summed E-state index contributed by atoms with van der Waals surface area (Å²) in [6.07, 6.45) is 2.06. The highest BCUT2D eigenvalue weighted by Crippen LogP contribution is 2.26. The van der Waals surface area contributed by atoms with E-state index in [1.54, 1.807) is 14.0 Å². The summed E-state index contributed by atoms with van der Waals surface area (Å²) in [5.74, 6) is -0.128. The van der Waals surface area contributed by atoms with E-state index in [1.165, 1.54) is 16.4 Å². The normalized spacial score (nSPS) is 17.7. The van der Waals surface area contributed by atoms with Gasteiger partial charge in [-0.2, -0.15) is 4.98 Å². The lowest BCUT2D eigenvalue weighted by Crippen LogP contribution is -2.56. The maximum atomic E-state index is 11.6. The van der Waals surface area contributed by atoms with Crippen LogP contribution in [0, 0.1) is 0 Å². The molecule has 0 radical (unpaired) electrons. The van der Waals surface area contributed by atoms with Crippen LogP contribution >= 0.6 is 11.8 Å². The fourth-order valence-corrected chi connectivity index (χ4v) is 2.69. The number of hydrogen-bond donors (Lipinski definition) is 3. The summed E-state index contributed by atoms with van der Waals surface area (Å²) >= 11 is 1.19. The van der Waals surface area contributed by atoms with Crippen LogP contribution in [0.3, 0.4) is 0 Å². The van der Waals surface area contributed by atoms with Crippen molar-refractivity contribution < 1.29 is 4.79 Å². The number of aromatic nitrogens is 3. The van der Waals surface area contributed by atoms with E-state index in [1.807, 2.05) is 0 Å². The summed E-state index contributed by atoms with van der Waals surface area (Å²) in [6.45, 7) is 1.73. The fourth-order valence-electron chi connectivity index (χ4n) is 1.66. The zero-order chi connectivity index (χ0) is 14.9. The summed E-state index contributed by atoms with van der Waals surface area (Å²) in [6, 6.07) is 0.320. The quantitative estimate of drug-likeness (QED) is 0.436. The van der Waals surface area contributed by atoms with Crippen LogP contribution in [-0.2, 0) is 11.8 Å². The first-order valence-corrected chi connectivity index (χ1v) is 7.18. The van der Waals surface area contributed by atoms with Gasteiger partial charge in [0.05, 0.1) is 0 Å². The predicted molar refractivity (Wildman–Crippen MR) is 74.6 cm³/mol. The minimum Gasteiger partial charge on any atom is -0.368 e. The minimum atomic E-state index is -0.875. The van der Waals surface area contributed by atoms with E-state index in [4.69, 9.17) is 5.73 Å². The molecule has 0 aliphatic heterocycles. The van der Waals surface area contributed by atoms with Crippen LogP contribution in [0.4, 0.5) is 0 Å². The first kappa shape index (κ1) is 14.8. The number of carbonyl (C=O) groups is 1. The molecule has 0 spiro atoms. The summed E-state index contributed by atoms with van der Waals surface area (Å²) < 4.78 is 1.35. The molecule has 1 aromatic rings. The second kappa shape index (κ2) is 5.41. The first-order valence-electron chi connectivity index (χ1n) is 6.19. The van der Waals surface area contributed by atoms with Gasteiger partial charge in [-0.3, -0.25) is 24.2 Å². The van der Waals surface area contributed by atoms with E-state index in [-0.39, 0.29) is 0 Å². The van der Waals surface area contributed by atoms with Gasteiger partial charge in [-0.1, -0.05) is 11.8 Å². The van der Waals surface area contributed by atoms with Crippen molar-refractivity contribution in [2.45, 2.75) is 36.5 Å². The number of nitrogens with one attached hydrogen (secondary N) is 2. The topological polar surface area (TPSA) is 123 Å². The molecule has 0 bridgehead atoms. The number of aromatic amines is 1. The van der Waals surface area contributed by atoms with Gasteiger partial charge >= 0.3 is 11.1 Å². The fraction of sp³-hybridized carbons (Fsp3) is 0.636. The lowest BCUT2D eigenvalue weighted by molar-refractivity contribution is -0.123. The van der Waals surface area contributed by atoms with Gasteiger partial charge in [-0.05, 0) is 19.8 Å². The zero-order valence-electron chi connectivity index (χ0n) is 11.3. The Labute approximate surface area is 119 Å². The largest absolute Gasteiger partial charge is 0.368 e. The Morgan fingerprint density at radius 3 is 2.80 bits per heavy atom. The lowest BCUT2D eigenvalue weighted by Gasteiger charge is -2.27. The van der Waals surface area contributed by atoms with Crippen LogP contribution in [0.5, 0.6) is 0 Å². The Morgan fingerprint density at radius 2 is 2.25 bits per heavy atom. The van der Waals surface area contributed by atoms with Gasteiger partial charge in [0, 0.05) is 18.8 Å². The second-order valence-corrected chi connectivity index (χ2v) is 6.05. The molecule has 1 saturated carbocycles. The molecule has 1 atom stereocenters. The van der Waals surface area contributed by atoms with Crippen molar-refractivity contribution in [3.8, 4) is 0 Å². The summed E-state index contributed by atoms with van der Waals surface area (Å²) in [5.41, 5.74) is 2.95. The lowest BCUT2D eigenvalue weighted by atomic mass is 10.1. The molecular formula is C11H17N5O3S. The van der Waals surface area contributed by atoms with Crippen molar-refractivity contribution in [2.24, 2.45) is 12.8 Å². The molecule has 0 aromatic carbocycles. The number of carbonyl (C=O) groups excluding carboxylic acids is 1.